The molecule has 4 heterocycles. The van der Waals surface area contributed by atoms with Crippen molar-refractivity contribution >= 4 is 95.5 Å². The van der Waals surface area contributed by atoms with Gasteiger partial charge in [0.05, 0.1) is 27.8 Å². The third-order valence-corrected chi connectivity index (χ3v) is 20.2. The number of hydrogen-bond acceptors (Lipinski definition) is 2. The summed E-state index contributed by atoms with van der Waals surface area (Å²) >= 11 is 0. The highest BCUT2D eigenvalue weighted by atomic mass is 28.3. The van der Waals surface area contributed by atoms with Crippen LogP contribution in [-0.2, 0) is 0 Å². The average Bonchev–Trinajstić information content (AvgIpc) is 3.97. The first-order chi connectivity index (χ1) is 35.7. The molecule has 4 nitrogen and oxygen atoms in total. The number of rotatable bonds is 7. The first-order valence-corrected chi connectivity index (χ1v) is 26.8. The van der Waals surface area contributed by atoms with E-state index in [9.17, 15) is 0 Å². The van der Waals surface area contributed by atoms with E-state index in [2.05, 4.69) is 264 Å². The lowest BCUT2D eigenvalue weighted by atomic mass is 9.34. The van der Waals surface area contributed by atoms with Crippen molar-refractivity contribution < 1.29 is 9.47 Å². The Labute approximate surface area is 418 Å². The normalized spacial score (nSPS) is 12.6. The van der Waals surface area contributed by atoms with Gasteiger partial charge in [0, 0.05) is 44.3 Å². The Balaban J connectivity index is 1.08. The van der Waals surface area contributed by atoms with Crippen LogP contribution in [0, 0.1) is 0 Å². The zero-order chi connectivity index (χ0) is 47.3. The van der Waals surface area contributed by atoms with Crippen molar-refractivity contribution in [3.63, 3.8) is 0 Å². The zero-order valence-electron chi connectivity index (χ0n) is 39.1. The molecule has 0 N–H and O–H groups in total. The number of para-hydroxylation sites is 4. The monoisotopic (exact) mass is 934 g/mol. The quantitative estimate of drug-likeness (QED) is 0.118. The molecule has 0 aliphatic carbocycles. The molecule has 2 aliphatic heterocycles. The van der Waals surface area contributed by atoms with Crippen molar-refractivity contribution in [2.75, 3.05) is 0 Å². The van der Waals surface area contributed by atoms with Crippen LogP contribution in [-0.4, -0.2) is 23.9 Å². The molecule has 13 aromatic rings. The maximum Gasteiger partial charge on any atom is 0.260 e. The standard InChI is InChI=1S/C66H43BN2O2Si/c1-5-22-45(23-6-1)68-57-35-17-14-32-52(57)64-58(68)40-39-51-50-31-13-16-34-56(50)69(66(51)64)59-43-63-55(67-54-33-15-18-36-60(54)70-61-37-20-38-62(71-63)65(61)67)42-53(59)44-21-19-30-49(41-44)72(46-24-7-2-8-25-46,47-26-9-3-10-27-47)48-28-11-4-12-29-48/h1-43H. The molecular formula is C66H43BN2O2Si. The van der Waals surface area contributed by atoms with Crippen LogP contribution in [0.4, 0.5) is 0 Å². The van der Waals surface area contributed by atoms with E-state index in [1.54, 1.807) is 0 Å². The first kappa shape index (κ1) is 40.8. The molecule has 0 spiro atoms. The highest BCUT2D eigenvalue weighted by molar-refractivity contribution is 7.20. The third-order valence-electron chi connectivity index (χ3n) is 15.4. The van der Waals surface area contributed by atoms with Crippen LogP contribution in [0.2, 0.25) is 0 Å². The summed E-state index contributed by atoms with van der Waals surface area (Å²) in [6, 6.07) is 95.8. The third kappa shape index (κ3) is 5.87. The number of fused-ring (bicyclic) bond motifs is 11. The van der Waals surface area contributed by atoms with E-state index in [0.29, 0.717) is 0 Å². The molecule has 2 aromatic heterocycles. The molecule has 0 saturated carbocycles. The van der Waals surface area contributed by atoms with Crippen LogP contribution in [0.25, 0.3) is 66.1 Å². The molecule has 72 heavy (non-hydrogen) atoms. The van der Waals surface area contributed by atoms with E-state index in [1.807, 2.05) is 6.07 Å². The van der Waals surface area contributed by atoms with Crippen molar-refractivity contribution in [1.82, 2.24) is 9.13 Å². The molecule has 336 valence electrons. The largest absolute Gasteiger partial charge is 0.458 e. The molecule has 2 aliphatic rings. The second-order valence-corrected chi connectivity index (χ2v) is 22.9. The van der Waals surface area contributed by atoms with Gasteiger partial charge in [-0.05, 0) is 85.8 Å². The van der Waals surface area contributed by atoms with Crippen molar-refractivity contribution in [2.24, 2.45) is 0 Å². The molecule has 0 amide bonds. The number of aromatic nitrogens is 2. The molecule has 0 saturated heterocycles. The van der Waals surface area contributed by atoms with Crippen molar-refractivity contribution in [3.05, 3.63) is 261 Å². The molecule has 0 unspecified atom stereocenters. The van der Waals surface area contributed by atoms with Crippen LogP contribution >= 0.6 is 0 Å². The summed E-state index contributed by atoms with van der Waals surface area (Å²) in [4.78, 5) is 0. The van der Waals surface area contributed by atoms with Gasteiger partial charge in [-0.3, -0.25) is 0 Å². The van der Waals surface area contributed by atoms with Gasteiger partial charge in [0.15, 0.2) is 8.07 Å². The fourth-order valence-corrected chi connectivity index (χ4v) is 17.2. The van der Waals surface area contributed by atoms with E-state index in [4.69, 9.17) is 9.47 Å². The molecule has 0 atom stereocenters. The van der Waals surface area contributed by atoms with Gasteiger partial charge in [-0.15, -0.1) is 0 Å². The summed E-state index contributed by atoms with van der Waals surface area (Å²) in [7, 11) is -2.92. The van der Waals surface area contributed by atoms with Crippen LogP contribution in [0.1, 0.15) is 0 Å². The molecule has 15 rings (SSSR count). The Hall–Kier alpha value is -9.10. The lowest BCUT2D eigenvalue weighted by Gasteiger charge is -2.35. The Morgan fingerprint density at radius 2 is 0.889 bits per heavy atom. The second-order valence-electron chi connectivity index (χ2n) is 19.1. The van der Waals surface area contributed by atoms with E-state index >= 15 is 0 Å². The highest BCUT2D eigenvalue weighted by Gasteiger charge is 2.43. The lowest BCUT2D eigenvalue weighted by Crippen LogP contribution is -2.74. The van der Waals surface area contributed by atoms with E-state index in [0.717, 1.165) is 78.4 Å². The Bertz CT molecular complexity index is 4190. The van der Waals surface area contributed by atoms with Gasteiger partial charge in [-0.25, -0.2) is 0 Å². The summed E-state index contributed by atoms with van der Waals surface area (Å²) < 4.78 is 18.8. The maximum atomic E-state index is 7.17. The Kier molecular flexibility index (Phi) is 9.04. The second kappa shape index (κ2) is 16.0. The summed E-state index contributed by atoms with van der Waals surface area (Å²) in [5.41, 5.74) is 12.3. The van der Waals surface area contributed by atoms with E-state index in [1.165, 1.54) is 47.8 Å². The van der Waals surface area contributed by atoms with Gasteiger partial charge >= 0.3 is 0 Å². The minimum atomic E-state index is -2.92. The smallest absolute Gasteiger partial charge is 0.260 e. The van der Waals surface area contributed by atoms with Crippen molar-refractivity contribution in [3.8, 4) is 45.5 Å². The Morgan fingerprint density at radius 1 is 0.347 bits per heavy atom. The average molecular weight is 935 g/mol. The highest BCUT2D eigenvalue weighted by Crippen LogP contribution is 2.45. The topological polar surface area (TPSA) is 28.3 Å². The maximum absolute atomic E-state index is 7.17. The van der Waals surface area contributed by atoms with Gasteiger partial charge < -0.3 is 18.6 Å². The van der Waals surface area contributed by atoms with Gasteiger partial charge in [-0.1, -0.05) is 206 Å². The molecule has 0 fully saturated rings. The summed E-state index contributed by atoms with van der Waals surface area (Å²) in [5.74, 6) is 3.36. The van der Waals surface area contributed by atoms with Gasteiger partial charge in [0.25, 0.3) is 6.71 Å². The number of hydrogen-bond donors (Lipinski definition) is 0. The van der Waals surface area contributed by atoms with Crippen LogP contribution in [0.3, 0.4) is 0 Å². The summed E-state index contributed by atoms with van der Waals surface area (Å²) in [6.45, 7) is -0.110. The molecule has 6 heteroatoms. The lowest BCUT2D eigenvalue weighted by molar-refractivity contribution is 0.464. The first-order valence-electron chi connectivity index (χ1n) is 24.8. The fraction of sp³-hybridized carbons (Fsp3) is 0. The van der Waals surface area contributed by atoms with Crippen LogP contribution in [0.5, 0.6) is 23.0 Å². The van der Waals surface area contributed by atoms with Crippen molar-refractivity contribution in [1.29, 1.82) is 0 Å². The zero-order valence-corrected chi connectivity index (χ0v) is 40.1. The SMILES string of the molecule is c1ccc(-n2c3ccccc3c3c2ccc2c4ccccc4n(-c4cc5c(cc4-c4cccc([Si](c6ccccc6)(c6ccccc6)c6ccccc6)c4)B4c6ccccc6Oc6cccc(c64)O5)c23)cc1. The molecule has 0 radical (unpaired) electrons. The Morgan fingerprint density at radius 3 is 1.58 bits per heavy atom. The predicted molar refractivity (Wildman–Crippen MR) is 302 cm³/mol. The fourth-order valence-electron chi connectivity index (χ4n) is 12.4. The van der Waals surface area contributed by atoms with Gasteiger partial charge in [-0.2, -0.15) is 0 Å². The number of benzene rings is 11. The number of ether oxygens (including phenoxy) is 2. The van der Waals surface area contributed by atoms with Crippen LogP contribution < -0.4 is 46.6 Å². The van der Waals surface area contributed by atoms with E-state index in [-0.39, 0.29) is 6.71 Å². The van der Waals surface area contributed by atoms with Crippen LogP contribution in [0.15, 0.2) is 261 Å². The van der Waals surface area contributed by atoms with Crippen molar-refractivity contribution in [2.45, 2.75) is 0 Å². The minimum Gasteiger partial charge on any atom is -0.458 e. The van der Waals surface area contributed by atoms with Gasteiger partial charge in [0.2, 0.25) is 0 Å². The molecule has 11 aromatic carbocycles. The van der Waals surface area contributed by atoms with Gasteiger partial charge in [0.1, 0.15) is 23.0 Å². The molecular weight excluding hydrogens is 892 g/mol. The van der Waals surface area contributed by atoms with E-state index < -0.39 is 8.07 Å². The molecule has 0 bridgehead atoms. The number of nitrogens with zero attached hydrogens (tertiary/aromatic N) is 2. The summed E-state index contributed by atoms with van der Waals surface area (Å²) in [6.07, 6.45) is 0. The predicted octanol–water partition coefficient (Wildman–Crippen LogP) is 11.7. The summed E-state index contributed by atoms with van der Waals surface area (Å²) in [5, 5.41) is 10.1. The minimum absolute atomic E-state index is 0.110.